The van der Waals surface area contributed by atoms with Crippen LogP contribution in [0.5, 0.6) is 11.5 Å². The van der Waals surface area contributed by atoms with Gasteiger partial charge in [0.25, 0.3) is 0 Å². The van der Waals surface area contributed by atoms with Gasteiger partial charge in [0.05, 0.1) is 25.5 Å². The molecule has 0 fully saturated rings. The number of rotatable bonds is 5. The Morgan fingerprint density at radius 1 is 1.29 bits per heavy atom. The summed E-state index contributed by atoms with van der Waals surface area (Å²) in [5.74, 6) is 1.21. The van der Waals surface area contributed by atoms with Crippen molar-refractivity contribution in [2.24, 2.45) is 0 Å². The molecule has 0 aliphatic carbocycles. The van der Waals surface area contributed by atoms with Crippen LogP contribution in [0.25, 0.3) is 0 Å². The Balaban J connectivity index is 2.27. The normalized spacial score (nSPS) is 10.3. The van der Waals surface area contributed by atoms with Crippen LogP contribution in [0.15, 0.2) is 22.7 Å². The second-order valence-electron chi connectivity index (χ2n) is 4.45. The van der Waals surface area contributed by atoms with E-state index in [-0.39, 0.29) is 6.61 Å². The van der Waals surface area contributed by atoms with Crippen molar-refractivity contribution in [1.29, 1.82) is 0 Å². The van der Waals surface area contributed by atoms with Crippen LogP contribution in [0, 0.1) is 13.8 Å². The zero-order valence-electron chi connectivity index (χ0n) is 12.4. The Morgan fingerprint density at radius 3 is 2.62 bits per heavy atom. The minimum absolute atomic E-state index is 0.248. The minimum Gasteiger partial charge on any atom is -0.497 e. The van der Waals surface area contributed by atoms with E-state index in [2.05, 4.69) is 5.16 Å². The molecule has 6 heteroatoms. The number of hydrogen-bond acceptors (Lipinski definition) is 6. The molecule has 1 heterocycles. The van der Waals surface area contributed by atoms with Crippen LogP contribution in [0.1, 0.15) is 27.4 Å². The highest BCUT2D eigenvalue weighted by Crippen LogP contribution is 2.27. The highest BCUT2D eigenvalue weighted by Gasteiger charge is 2.16. The van der Waals surface area contributed by atoms with Crippen molar-refractivity contribution >= 4 is 5.97 Å². The standard InChI is InChI=1S/C15H17NO5/c1-9-13(10(2)21-16-9)8-20-14-7-11(18-3)5-6-12(14)15(17)19-4/h5-7H,8H2,1-4H3. The number of methoxy groups -OCH3 is 2. The summed E-state index contributed by atoms with van der Waals surface area (Å²) in [6, 6.07) is 4.92. The molecular weight excluding hydrogens is 274 g/mol. The van der Waals surface area contributed by atoms with E-state index >= 15 is 0 Å². The monoisotopic (exact) mass is 291 g/mol. The van der Waals surface area contributed by atoms with Gasteiger partial charge >= 0.3 is 5.97 Å². The maximum absolute atomic E-state index is 11.8. The van der Waals surface area contributed by atoms with E-state index in [9.17, 15) is 4.79 Å². The van der Waals surface area contributed by atoms with Gasteiger partial charge in [-0.15, -0.1) is 0 Å². The Kier molecular flexibility index (Phi) is 4.47. The fraction of sp³-hybridized carbons (Fsp3) is 0.333. The fourth-order valence-corrected chi connectivity index (χ4v) is 1.89. The molecule has 2 rings (SSSR count). The summed E-state index contributed by atoms with van der Waals surface area (Å²) < 4.78 is 20.7. The quantitative estimate of drug-likeness (QED) is 0.789. The highest BCUT2D eigenvalue weighted by molar-refractivity contribution is 5.92. The summed E-state index contributed by atoms with van der Waals surface area (Å²) in [4.78, 5) is 11.8. The van der Waals surface area contributed by atoms with Crippen LogP contribution in [-0.4, -0.2) is 25.3 Å². The van der Waals surface area contributed by atoms with Gasteiger partial charge in [-0.2, -0.15) is 0 Å². The van der Waals surface area contributed by atoms with E-state index in [0.717, 1.165) is 11.3 Å². The van der Waals surface area contributed by atoms with Crippen molar-refractivity contribution in [3.8, 4) is 11.5 Å². The topological polar surface area (TPSA) is 70.8 Å². The Hall–Kier alpha value is -2.50. The van der Waals surface area contributed by atoms with E-state index in [1.165, 1.54) is 7.11 Å². The maximum Gasteiger partial charge on any atom is 0.341 e. The first-order valence-electron chi connectivity index (χ1n) is 6.37. The zero-order chi connectivity index (χ0) is 15.4. The third kappa shape index (κ3) is 3.16. The minimum atomic E-state index is -0.466. The molecule has 0 aliphatic heterocycles. The van der Waals surface area contributed by atoms with Crippen LogP contribution in [0.3, 0.4) is 0 Å². The van der Waals surface area contributed by atoms with Gasteiger partial charge in [-0.05, 0) is 26.0 Å². The SMILES string of the molecule is COC(=O)c1ccc(OC)cc1OCc1c(C)noc1C. The summed E-state index contributed by atoms with van der Waals surface area (Å²) in [7, 11) is 2.87. The van der Waals surface area contributed by atoms with Gasteiger partial charge in [0, 0.05) is 6.07 Å². The van der Waals surface area contributed by atoms with Crippen molar-refractivity contribution in [3.05, 3.63) is 40.8 Å². The third-order valence-corrected chi connectivity index (χ3v) is 3.15. The van der Waals surface area contributed by atoms with Gasteiger partial charge in [-0.1, -0.05) is 5.16 Å². The Labute approximate surface area is 122 Å². The van der Waals surface area contributed by atoms with Crippen molar-refractivity contribution in [3.63, 3.8) is 0 Å². The van der Waals surface area contributed by atoms with Crippen molar-refractivity contribution in [1.82, 2.24) is 5.16 Å². The summed E-state index contributed by atoms with van der Waals surface area (Å²) in [6.45, 7) is 3.89. The lowest BCUT2D eigenvalue weighted by molar-refractivity contribution is 0.0595. The van der Waals surface area contributed by atoms with Gasteiger partial charge in [0.1, 0.15) is 29.4 Å². The Bertz CT molecular complexity index is 628. The average Bonchev–Trinajstić information content (AvgIpc) is 2.82. The lowest BCUT2D eigenvalue weighted by Gasteiger charge is -2.11. The van der Waals surface area contributed by atoms with Crippen LogP contribution >= 0.6 is 0 Å². The molecule has 0 saturated carbocycles. The number of benzene rings is 1. The lowest BCUT2D eigenvalue weighted by Crippen LogP contribution is -2.06. The van der Waals surface area contributed by atoms with E-state index in [0.29, 0.717) is 22.8 Å². The first-order valence-corrected chi connectivity index (χ1v) is 6.37. The number of carbonyl (C=O) groups excluding carboxylic acids is 1. The van der Waals surface area contributed by atoms with Crippen LogP contribution in [0.4, 0.5) is 0 Å². The van der Waals surface area contributed by atoms with Gasteiger partial charge in [0.15, 0.2) is 0 Å². The third-order valence-electron chi connectivity index (χ3n) is 3.15. The summed E-state index contributed by atoms with van der Waals surface area (Å²) in [5, 5.41) is 3.86. The average molecular weight is 291 g/mol. The maximum atomic E-state index is 11.8. The molecule has 0 bridgehead atoms. The predicted octanol–water partition coefficient (Wildman–Crippen LogP) is 2.67. The van der Waals surface area contributed by atoms with E-state index < -0.39 is 5.97 Å². The molecule has 2 aromatic rings. The first-order chi connectivity index (χ1) is 10.1. The molecule has 6 nitrogen and oxygen atoms in total. The highest BCUT2D eigenvalue weighted by atomic mass is 16.5. The summed E-state index contributed by atoms with van der Waals surface area (Å²) in [5.41, 5.74) is 1.95. The number of hydrogen-bond donors (Lipinski definition) is 0. The van der Waals surface area contributed by atoms with Gasteiger partial charge in [0.2, 0.25) is 0 Å². The summed E-state index contributed by atoms with van der Waals surface area (Å²) in [6.07, 6.45) is 0. The molecule has 1 aromatic heterocycles. The first kappa shape index (κ1) is 14.9. The number of nitrogens with zero attached hydrogens (tertiary/aromatic N) is 1. The zero-order valence-corrected chi connectivity index (χ0v) is 12.4. The van der Waals surface area contributed by atoms with E-state index in [4.69, 9.17) is 18.7 Å². The predicted molar refractivity (Wildman–Crippen MR) is 74.6 cm³/mol. The fourth-order valence-electron chi connectivity index (χ4n) is 1.89. The van der Waals surface area contributed by atoms with Crippen molar-refractivity contribution in [2.45, 2.75) is 20.5 Å². The number of carbonyl (C=O) groups is 1. The van der Waals surface area contributed by atoms with Crippen LogP contribution < -0.4 is 9.47 Å². The van der Waals surface area contributed by atoms with Crippen LogP contribution in [0.2, 0.25) is 0 Å². The number of ether oxygens (including phenoxy) is 3. The Morgan fingerprint density at radius 2 is 2.05 bits per heavy atom. The lowest BCUT2D eigenvalue weighted by atomic mass is 10.2. The summed E-state index contributed by atoms with van der Waals surface area (Å²) >= 11 is 0. The molecular formula is C15H17NO5. The van der Waals surface area contributed by atoms with Crippen molar-refractivity contribution in [2.75, 3.05) is 14.2 Å². The molecule has 0 saturated heterocycles. The van der Waals surface area contributed by atoms with E-state index in [1.807, 2.05) is 13.8 Å². The molecule has 0 N–H and O–H groups in total. The van der Waals surface area contributed by atoms with E-state index in [1.54, 1.807) is 25.3 Å². The molecule has 0 atom stereocenters. The number of esters is 1. The molecule has 112 valence electrons. The molecule has 0 radical (unpaired) electrons. The smallest absolute Gasteiger partial charge is 0.341 e. The molecule has 0 spiro atoms. The number of aryl methyl sites for hydroxylation is 2. The second-order valence-corrected chi connectivity index (χ2v) is 4.45. The van der Waals surface area contributed by atoms with Gasteiger partial charge < -0.3 is 18.7 Å². The molecule has 1 aromatic carbocycles. The number of aromatic nitrogens is 1. The second kappa shape index (κ2) is 6.30. The molecule has 0 unspecified atom stereocenters. The van der Waals surface area contributed by atoms with Gasteiger partial charge in [-0.3, -0.25) is 0 Å². The van der Waals surface area contributed by atoms with Gasteiger partial charge in [-0.25, -0.2) is 4.79 Å². The molecule has 0 amide bonds. The van der Waals surface area contributed by atoms with Crippen LogP contribution in [-0.2, 0) is 11.3 Å². The molecule has 0 aliphatic rings. The van der Waals surface area contributed by atoms with Crippen molar-refractivity contribution < 1.29 is 23.5 Å². The largest absolute Gasteiger partial charge is 0.497 e. The molecule has 21 heavy (non-hydrogen) atoms.